The molecule has 0 saturated carbocycles. The molecule has 23 heavy (non-hydrogen) atoms. The number of carbonyl (C=O) groups is 2. The summed E-state index contributed by atoms with van der Waals surface area (Å²) in [5.74, 6) is 0.0570. The molecular formula is C17H26N4O2. The van der Waals surface area contributed by atoms with Gasteiger partial charge in [-0.1, -0.05) is 24.3 Å². The van der Waals surface area contributed by atoms with Gasteiger partial charge in [-0.2, -0.15) is 0 Å². The standard InChI is InChI=1S/C17H26N4O2/c1-12-5-3-4-6-14(12)15(20-17(18)23)11-16(22)21-9-7-13(19-2)8-10-21/h3-6,13,15,19H,7-11H2,1-2H3,(H3,18,20,23). The van der Waals surface area contributed by atoms with E-state index < -0.39 is 6.03 Å². The van der Waals surface area contributed by atoms with Gasteiger partial charge in [0.15, 0.2) is 0 Å². The summed E-state index contributed by atoms with van der Waals surface area (Å²) >= 11 is 0. The lowest BCUT2D eigenvalue weighted by Gasteiger charge is -2.33. The highest BCUT2D eigenvalue weighted by Crippen LogP contribution is 2.22. The molecule has 4 N–H and O–H groups in total. The first kappa shape index (κ1) is 17.3. The fourth-order valence-electron chi connectivity index (χ4n) is 3.11. The number of carbonyl (C=O) groups excluding carboxylic acids is 2. The first-order chi connectivity index (χ1) is 11.0. The third kappa shape index (κ3) is 4.69. The number of aryl methyl sites for hydroxylation is 1. The van der Waals surface area contributed by atoms with Gasteiger partial charge in [0.05, 0.1) is 12.5 Å². The van der Waals surface area contributed by atoms with Crippen LogP contribution in [0.15, 0.2) is 24.3 Å². The van der Waals surface area contributed by atoms with Crippen molar-refractivity contribution in [2.45, 2.75) is 38.3 Å². The first-order valence-electron chi connectivity index (χ1n) is 8.07. The van der Waals surface area contributed by atoms with Crippen molar-refractivity contribution in [1.29, 1.82) is 0 Å². The number of amides is 3. The predicted octanol–water partition coefficient (Wildman–Crippen LogP) is 1.30. The summed E-state index contributed by atoms with van der Waals surface area (Å²) < 4.78 is 0. The second-order valence-electron chi connectivity index (χ2n) is 6.07. The molecule has 1 aromatic rings. The third-order valence-electron chi connectivity index (χ3n) is 4.52. The number of benzene rings is 1. The Hall–Kier alpha value is -2.08. The van der Waals surface area contributed by atoms with Crippen LogP contribution in [0, 0.1) is 6.92 Å². The van der Waals surface area contributed by atoms with E-state index in [1.807, 2.05) is 43.1 Å². The summed E-state index contributed by atoms with van der Waals surface area (Å²) in [7, 11) is 1.95. The largest absolute Gasteiger partial charge is 0.352 e. The van der Waals surface area contributed by atoms with Gasteiger partial charge in [0.2, 0.25) is 5.91 Å². The van der Waals surface area contributed by atoms with Gasteiger partial charge in [0.25, 0.3) is 0 Å². The Bertz CT molecular complexity index is 553. The number of nitrogens with two attached hydrogens (primary N) is 1. The van der Waals surface area contributed by atoms with Crippen molar-refractivity contribution >= 4 is 11.9 Å². The Labute approximate surface area is 137 Å². The van der Waals surface area contributed by atoms with E-state index in [4.69, 9.17) is 5.73 Å². The molecule has 0 aromatic heterocycles. The zero-order valence-corrected chi connectivity index (χ0v) is 13.8. The Morgan fingerprint density at radius 1 is 1.30 bits per heavy atom. The molecule has 0 aliphatic carbocycles. The maximum Gasteiger partial charge on any atom is 0.312 e. The molecule has 1 aromatic carbocycles. The second kappa shape index (κ2) is 7.97. The molecule has 1 heterocycles. The van der Waals surface area contributed by atoms with Crippen molar-refractivity contribution in [2.75, 3.05) is 20.1 Å². The lowest BCUT2D eigenvalue weighted by atomic mass is 9.97. The van der Waals surface area contributed by atoms with Crippen molar-refractivity contribution < 1.29 is 9.59 Å². The number of urea groups is 1. The van der Waals surface area contributed by atoms with Gasteiger partial charge in [-0.3, -0.25) is 4.79 Å². The van der Waals surface area contributed by atoms with Crippen molar-refractivity contribution in [3.05, 3.63) is 35.4 Å². The number of likely N-dealkylation sites (tertiary alicyclic amines) is 1. The van der Waals surface area contributed by atoms with Crippen LogP contribution in [0.25, 0.3) is 0 Å². The Morgan fingerprint density at radius 2 is 1.96 bits per heavy atom. The average Bonchev–Trinajstić information content (AvgIpc) is 2.54. The first-order valence-corrected chi connectivity index (χ1v) is 8.07. The van der Waals surface area contributed by atoms with Crippen LogP contribution in [-0.4, -0.2) is 43.0 Å². The summed E-state index contributed by atoms with van der Waals surface area (Å²) in [6.45, 7) is 3.47. The van der Waals surface area contributed by atoms with Gasteiger partial charge >= 0.3 is 6.03 Å². The van der Waals surface area contributed by atoms with E-state index in [1.165, 1.54) is 0 Å². The van der Waals surface area contributed by atoms with Crippen LogP contribution in [0.2, 0.25) is 0 Å². The van der Waals surface area contributed by atoms with Gasteiger partial charge in [-0.15, -0.1) is 0 Å². The summed E-state index contributed by atoms with van der Waals surface area (Å²) in [5, 5.41) is 5.96. The number of hydrogen-bond donors (Lipinski definition) is 3. The molecule has 1 aliphatic rings. The molecule has 6 heteroatoms. The van der Waals surface area contributed by atoms with Crippen molar-refractivity contribution in [3.8, 4) is 0 Å². The van der Waals surface area contributed by atoms with E-state index in [1.54, 1.807) is 0 Å². The number of nitrogens with zero attached hydrogens (tertiary/aromatic N) is 1. The van der Waals surface area contributed by atoms with Crippen LogP contribution >= 0.6 is 0 Å². The van der Waals surface area contributed by atoms with E-state index >= 15 is 0 Å². The summed E-state index contributed by atoms with van der Waals surface area (Å²) in [6.07, 6.45) is 2.15. The van der Waals surface area contributed by atoms with E-state index in [2.05, 4.69) is 10.6 Å². The van der Waals surface area contributed by atoms with Gasteiger partial charge in [-0.25, -0.2) is 4.79 Å². The van der Waals surface area contributed by atoms with E-state index in [-0.39, 0.29) is 18.4 Å². The van der Waals surface area contributed by atoms with Crippen LogP contribution in [0.1, 0.15) is 36.4 Å². The molecular weight excluding hydrogens is 292 g/mol. The molecule has 2 rings (SSSR count). The van der Waals surface area contributed by atoms with Gasteiger partial charge in [-0.05, 0) is 37.9 Å². The molecule has 126 valence electrons. The molecule has 0 radical (unpaired) electrons. The minimum absolute atomic E-state index is 0.0570. The highest BCUT2D eigenvalue weighted by atomic mass is 16.2. The Kier molecular flexibility index (Phi) is 5.98. The maximum absolute atomic E-state index is 12.6. The third-order valence-corrected chi connectivity index (χ3v) is 4.52. The van der Waals surface area contributed by atoms with Gasteiger partial charge < -0.3 is 21.3 Å². The zero-order valence-electron chi connectivity index (χ0n) is 13.8. The zero-order chi connectivity index (χ0) is 16.8. The molecule has 1 unspecified atom stereocenters. The van der Waals surface area contributed by atoms with Crippen LogP contribution < -0.4 is 16.4 Å². The monoisotopic (exact) mass is 318 g/mol. The van der Waals surface area contributed by atoms with Crippen molar-refractivity contribution in [2.24, 2.45) is 5.73 Å². The van der Waals surface area contributed by atoms with Crippen molar-refractivity contribution in [1.82, 2.24) is 15.5 Å². The minimum Gasteiger partial charge on any atom is -0.352 e. The van der Waals surface area contributed by atoms with E-state index in [0.717, 1.165) is 37.1 Å². The van der Waals surface area contributed by atoms with Crippen LogP contribution in [-0.2, 0) is 4.79 Å². The van der Waals surface area contributed by atoms with Crippen molar-refractivity contribution in [3.63, 3.8) is 0 Å². The molecule has 0 spiro atoms. The Balaban J connectivity index is 2.05. The normalized spacial score (nSPS) is 16.9. The lowest BCUT2D eigenvalue weighted by Crippen LogP contribution is -2.45. The summed E-state index contributed by atoms with van der Waals surface area (Å²) in [6, 6.07) is 7.22. The van der Waals surface area contributed by atoms with Crippen LogP contribution in [0.4, 0.5) is 4.79 Å². The van der Waals surface area contributed by atoms with Crippen LogP contribution in [0.5, 0.6) is 0 Å². The quantitative estimate of drug-likeness (QED) is 0.765. The highest BCUT2D eigenvalue weighted by molar-refractivity contribution is 5.79. The second-order valence-corrected chi connectivity index (χ2v) is 6.07. The number of primary amides is 1. The van der Waals surface area contributed by atoms with Crippen LogP contribution in [0.3, 0.4) is 0 Å². The molecule has 1 atom stereocenters. The average molecular weight is 318 g/mol. The molecule has 0 bridgehead atoms. The highest BCUT2D eigenvalue weighted by Gasteiger charge is 2.25. The topological polar surface area (TPSA) is 87.5 Å². The number of hydrogen-bond acceptors (Lipinski definition) is 3. The number of nitrogens with one attached hydrogen (secondary N) is 2. The van der Waals surface area contributed by atoms with E-state index in [9.17, 15) is 9.59 Å². The minimum atomic E-state index is -0.611. The smallest absolute Gasteiger partial charge is 0.312 e. The fourth-order valence-corrected chi connectivity index (χ4v) is 3.11. The predicted molar refractivity (Wildman–Crippen MR) is 89.9 cm³/mol. The van der Waals surface area contributed by atoms with Gasteiger partial charge in [0, 0.05) is 19.1 Å². The lowest BCUT2D eigenvalue weighted by molar-refractivity contribution is -0.132. The fraction of sp³-hybridized carbons (Fsp3) is 0.529. The summed E-state index contributed by atoms with van der Waals surface area (Å²) in [5.41, 5.74) is 7.26. The molecule has 3 amide bonds. The Morgan fingerprint density at radius 3 is 2.52 bits per heavy atom. The maximum atomic E-state index is 12.6. The SMILES string of the molecule is CNC1CCN(C(=O)CC(NC(N)=O)c2ccccc2C)CC1. The summed E-state index contributed by atoms with van der Waals surface area (Å²) in [4.78, 5) is 25.8. The number of rotatable bonds is 5. The molecule has 1 fully saturated rings. The van der Waals surface area contributed by atoms with E-state index in [0.29, 0.717) is 6.04 Å². The number of piperidine rings is 1. The molecule has 6 nitrogen and oxygen atoms in total. The molecule has 1 saturated heterocycles. The van der Waals surface area contributed by atoms with Gasteiger partial charge in [0.1, 0.15) is 0 Å². The molecule has 1 aliphatic heterocycles.